The molecule has 19 heavy (non-hydrogen) atoms. The molecule has 0 aliphatic carbocycles. The number of aromatic nitrogens is 1. The summed E-state index contributed by atoms with van der Waals surface area (Å²) in [5.41, 5.74) is -0.591. The summed E-state index contributed by atoms with van der Waals surface area (Å²) in [6, 6.07) is 5.14. The van der Waals surface area contributed by atoms with Gasteiger partial charge in [-0.3, -0.25) is 4.79 Å². The lowest BCUT2D eigenvalue weighted by Crippen LogP contribution is -2.37. The van der Waals surface area contributed by atoms with Crippen molar-refractivity contribution in [1.29, 1.82) is 0 Å². The van der Waals surface area contributed by atoms with Crippen molar-refractivity contribution in [2.24, 2.45) is 0 Å². The second kappa shape index (κ2) is 6.51. The van der Waals surface area contributed by atoms with E-state index in [4.69, 9.17) is 4.74 Å². The number of amides is 2. The van der Waals surface area contributed by atoms with Gasteiger partial charge in [-0.25, -0.2) is 9.78 Å². The number of carbonyl (C=O) groups excluding carboxylic acids is 2. The lowest BCUT2D eigenvalue weighted by atomic mass is 10.2. The first-order valence-corrected chi connectivity index (χ1v) is 6.45. The van der Waals surface area contributed by atoms with Gasteiger partial charge in [0, 0.05) is 0 Å². The average molecular weight is 330 g/mol. The first kappa shape index (κ1) is 15.4. The number of nitrogens with one attached hydrogen (secondary N) is 2. The molecule has 0 radical (unpaired) electrons. The summed E-state index contributed by atoms with van der Waals surface area (Å²) in [5, 5.41) is 4.91. The molecule has 2 amide bonds. The maximum atomic E-state index is 11.6. The molecule has 0 fully saturated rings. The van der Waals surface area contributed by atoms with E-state index in [1.54, 1.807) is 39.0 Å². The van der Waals surface area contributed by atoms with Crippen LogP contribution in [-0.2, 0) is 9.53 Å². The number of rotatable bonds is 3. The highest BCUT2D eigenvalue weighted by atomic mass is 79.9. The highest BCUT2D eigenvalue weighted by Gasteiger charge is 2.16. The Kier molecular flexibility index (Phi) is 5.29. The zero-order valence-corrected chi connectivity index (χ0v) is 12.6. The Morgan fingerprint density at radius 3 is 2.63 bits per heavy atom. The molecule has 0 saturated heterocycles. The maximum Gasteiger partial charge on any atom is 0.408 e. The third-order valence-electron chi connectivity index (χ3n) is 1.77. The quantitative estimate of drug-likeness (QED) is 0.834. The van der Waals surface area contributed by atoms with Crippen LogP contribution in [0.4, 0.5) is 10.6 Å². The normalized spacial score (nSPS) is 10.7. The molecule has 0 aliphatic heterocycles. The number of halogens is 1. The summed E-state index contributed by atoms with van der Waals surface area (Å²) in [6.45, 7) is 5.07. The molecule has 0 saturated carbocycles. The predicted molar refractivity (Wildman–Crippen MR) is 74.8 cm³/mol. The summed E-state index contributed by atoms with van der Waals surface area (Å²) in [6.07, 6.45) is -0.634. The third kappa shape index (κ3) is 6.76. The van der Waals surface area contributed by atoms with Gasteiger partial charge in [0.05, 0.1) is 0 Å². The van der Waals surface area contributed by atoms with Gasteiger partial charge in [-0.15, -0.1) is 0 Å². The number of alkyl carbamates (subject to hydrolysis) is 1. The standard InChI is InChI=1S/C12H16BrN3O3/c1-12(2,3)19-11(18)14-7-10(17)16-9-6-4-5-8(13)15-9/h4-6H,7H2,1-3H3,(H,14,18)(H,15,16,17). The minimum Gasteiger partial charge on any atom is -0.444 e. The average Bonchev–Trinajstić information content (AvgIpc) is 2.24. The zero-order valence-electron chi connectivity index (χ0n) is 11.0. The predicted octanol–water partition coefficient (Wildman–Crippen LogP) is 2.31. The number of pyridine rings is 1. The van der Waals surface area contributed by atoms with Gasteiger partial charge in [0.2, 0.25) is 5.91 Å². The Labute approximate surface area is 120 Å². The van der Waals surface area contributed by atoms with Crippen molar-refractivity contribution in [2.75, 3.05) is 11.9 Å². The van der Waals surface area contributed by atoms with Crippen molar-refractivity contribution < 1.29 is 14.3 Å². The summed E-state index contributed by atoms with van der Waals surface area (Å²) < 4.78 is 5.62. The van der Waals surface area contributed by atoms with Gasteiger partial charge in [-0.2, -0.15) is 0 Å². The smallest absolute Gasteiger partial charge is 0.408 e. The molecule has 1 heterocycles. The lowest BCUT2D eigenvalue weighted by molar-refractivity contribution is -0.115. The van der Waals surface area contributed by atoms with Crippen molar-refractivity contribution in [3.05, 3.63) is 22.8 Å². The first-order valence-electron chi connectivity index (χ1n) is 5.65. The first-order chi connectivity index (χ1) is 8.76. The second-order valence-corrected chi connectivity index (χ2v) is 5.56. The van der Waals surface area contributed by atoms with Crippen molar-refractivity contribution in [3.8, 4) is 0 Å². The van der Waals surface area contributed by atoms with E-state index in [1.807, 2.05) is 0 Å². The molecule has 104 valence electrons. The van der Waals surface area contributed by atoms with Crippen LogP contribution >= 0.6 is 15.9 Å². The number of ether oxygens (including phenoxy) is 1. The van der Waals surface area contributed by atoms with Gasteiger partial charge >= 0.3 is 6.09 Å². The fourth-order valence-corrected chi connectivity index (χ4v) is 1.48. The van der Waals surface area contributed by atoms with Crippen LogP contribution in [-0.4, -0.2) is 29.1 Å². The van der Waals surface area contributed by atoms with Crippen molar-refractivity contribution in [2.45, 2.75) is 26.4 Å². The maximum absolute atomic E-state index is 11.6. The minimum atomic E-state index is -0.634. The molecule has 7 heteroatoms. The molecule has 0 spiro atoms. The molecular weight excluding hydrogens is 314 g/mol. The molecule has 0 unspecified atom stereocenters. The van der Waals surface area contributed by atoms with E-state index in [1.165, 1.54) is 0 Å². The van der Waals surface area contributed by atoms with E-state index < -0.39 is 11.7 Å². The van der Waals surface area contributed by atoms with Crippen molar-refractivity contribution in [1.82, 2.24) is 10.3 Å². The van der Waals surface area contributed by atoms with Crippen molar-refractivity contribution >= 4 is 33.7 Å². The molecule has 1 rings (SSSR count). The van der Waals surface area contributed by atoms with Crippen LogP contribution in [0.25, 0.3) is 0 Å². The SMILES string of the molecule is CC(C)(C)OC(=O)NCC(=O)Nc1cccc(Br)n1. The van der Waals surface area contributed by atoms with Gasteiger partial charge in [-0.1, -0.05) is 6.07 Å². The molecule has 0 aromatic carbocycles. The van der Waals surface area contributed by atoms with Crippen molar-refractivity contribution in [3.63, 3.8) is 0 Å². The Balaban J connectivity index is 2.38. The molecule has 6 nitrogen and oxygen atoms in total. The van der Waals surface area contributed by atoms with Crippen LogP contribution in [0.3, 0.4) is 0 Å². The van der Waals surface area contributed by atoms with E-state index in [0.29, 0.717) is 10.4 Å². The number of hydrogen-bond acceptors (Lipinski definition) is 4. The number of nitrogens with zero attached hydrogens (tertiary/aromatic N) is 1. The highest BCUT2D eigenvalue weighted by Crippen LogP contribution is 2.09. The van der Waals surface area contributed by atoms with Crippen LogP contribution in [0.1, 0.15) is 20.8 Å². The third-order valence-corrected chi connectivity index (χ3v) is 2.22. The van der Waals surface area contributed by atoms with Gasteiger partial charge in [-0.05, 0) is 48.8 Å². The number of hydrogen-bond donors (Lipinski definition) is 2. The number of carbonyl (C=O) groups is 2. The molecule has 1 aromatic heterocycles. The van der Waals surface area contributed by atoms with Gasteiger partial charge < -0.3 is 15.4 Å². The largest absolute Gasteiger partial charge is 0.444 e. The van der Waals surface area contributed by atoms with E-state index in [2.05, 4.69) is 31.5 Å². The number of anilines is 1. The monoisotopic (exact) mass is 329 g/mol. The summed E-state index contributed by atoms with van der Waals surface area (Å²) in [4.78, 5) is 26.9. The minimum absolute atomic E-state index is 0.177. The van der Waals surface area contributed by atoms with E-state index in [-0.39, 0.29) is 12.5 Å². The molecular formula is C12H16BrN3O3. The highest BCUT2D eigenvalue weighted by molar-refractivity contribution is 9.10. The summed E-state index contributed by atoms with van der Waals surface area (Å²) in [7, 11) is 0. The fraction of sp³-hybridized carbons (Fsp3) is 0.417. The molecule has 1 aromatic rings. The van der Waals surface area contributed by atoms with E-state index in [9.17, 15) is 9.59 Å². The second-order valence-electron chi connectivity index (χ2n) is 4.75. The van der Waals surface area contributed by atoms with Gasteiger partial charge in [0.15, 0.2) is 0 Å². The van der Waals surface area contributed by atoms with Crippen LogP contribution < -0.4 is 10.6 Å². The van der Waals surface area contributed by atoms with Gasteiger partial charge in [0.25, 0.3) is 0 Å². The summed E-state index contributed by atoms with van der Waals surface area (Å²) >= 11 is 3.20. The lowest BCUT2D eigenvalue weighted by Gasteiger charge is -2.19. The van der Waals surface area contributed by atoms with Crippen LogP contribution in [0.5, 0.6) is 0 Å². The Morgan fingerprint density at radius 2 is 2.05 bits per heavy atom. The van der Waals surface area contributed by atoms with Gasteiger partial charge in [0.1, 0.15) is 22.6 Å². The van der Waals surface area contributed by atoms with Crippen LogP contribution in [0.15, 0.2) is 22.8 Å². The topological polar surface area (TPSA) is 80.3 Å². The zero-order chi connectivity index (χ0) is 14.5. The molecule has 0 aliphatic rings. The Hall–Kier alpha value is -1.63. The van der Waals surface area contributed by atoms with Crippen LogP contribution in [0.2, 0.25) is 0 Å². The summed E-state index contributed by atoms with van der Waals surface area (Å²) in [5.74, 6) is 0.0295. The Bertz CT molecular complexity index is 472. The Morgan fingerprint density at radius 1 is 1.37 bits per heavy atom. The fourth-order valence-electron chi connectivity index (χ4n) is 1.13. The van der Waals surface area contributed by atoms with E-state index in [0.717, 1.165) is 0 Å². The van der Waals surface area contributed by atoms with Crippen LogP contribution in [0, 0.1) is 0 Å². The molecule has 0 atom stereocenters. The molecule has 0 bridgehead atoms. The molecule has 2 N–H and O–H groups in total. The van der Waals surface area contributed by atoms with E-state index >= 15 is 0 Å².